The van der Waals surface area contributed by atoms with Gasteiger partial charge in [0.1, 0.15) is 0 Å². The third kappa shape index (κ3) is 3.07. The third-order valence-corrected chi connectivity index (χ3v) is 7.42. The van der Waals surface area contributed by atoms with Crippen molar-refractivity contribution in [1.29, 1.82) is 0 Å². The average molecular weight is 465 g/mol. The molecule has 0 radical (unpaired) electrons. The van der Waals surface area contributed by atoms with E-state index in [1.165, 1.54) is 61.0 Å². The molecule has 1 aliphatic rings. The molecule has 1 aliphatic carbocycles. The van der Waals surface area contributed by atoms with Gasteiger partial charge in [0.15, 0.2) is 0 Å². The lowest BCUT2D eigenvalue weighted by Gasteiger charge is -2.20. The number of hydrogen-bond donors (Lipinski definition) is 0. The molecular formula is C34H21Cl. The van der Waals surface area contributed by atoms with Crippen LogP contribution in [0.5, 0.6) is 0 Å². The smallest absolute Gasteiger partial charge is 0.0485 e. The van der Waals surface area contributed by atoms with Gasteiger partial charge in [-0.05, 0) is 73.2 Å². The van der Waals surface area contributed by atoms with Crippen molar-refractivity contribution in [1.82, 2.24) is 0 Å². The van der Waals surface area contributed by atoms with E-state index >= 15 is 0 Å². The lowest BCUT2D eigenvalue weighted by Crippen LogP contribution is -1.94. The minimum atomic E-state index is 0.796. The molecule has 0 amide bonds. The van der Waals surface area contributed by atoms with E-state index < -0.39 is 0 Å². The zero-order valence-corrected chi connectivity index (χ0v) is 19.8. The summed E-state index contributed by atoms with van der Waals surface area (Å²) in [6, 6.07) is 45.4. The summed E-state index contributed by atoms with van der Waals surface area (Å²) < 4.78 is 0. The maximum absolute atomic E-state index is 6.71. The predicted octanol–water partition coefficient (Wildman–Crippen LogP) is 10.1. The van der Waals surface area contributed by atoms with Crippen LogP contribution in [0.2, 0.25) is 5.02 Å². The number of halogens is 1. The summed E-state index contributed by atoms with van der Waals surface area (Å²) >= 11 is 6.71. The van der Waals surface area contributed by atoms with Crippen LogP contribution in [0.4, 0.5) is 0 Å². The molecule has 35 heavy (non-hydrogen) atoms. The quantitative estimate of drug-likeness (QED) is 0.244. The molecule has 6 aromatic rings. The first-order chi connectivity index (χ1) is 17.3. The van der Waals surface area contributed by atoms with Gasteiger partial charge in [-0.3, -0.25) is 0 Å². The molecule has 0 heterocycles. The fourth-order valence-corrected chi connectivity index (χ4v) is 5.84. The van der Waals surface area contributed by atoms with Crippen molar-refractivity contribution >= 4 is 22.4 Å². The molecule has 0 atom stereocenters. The zero-order valence-electron chi connectivity index (χ0n) is 19.0. The summed E-state index contributed by atoms with van der Waals surface area (Å²) in [4.78, 5) is 0. The van der Waals surface area contributed by atoms with Crippen molar-refractivity contribution in [3.05, 3.63) is 132 Å². The average Bonchev–Trinajstić information content (AvgIpc) is 3.27. The zero-order chi connectivity index (χ0) is 23.4. The van der Waals surface area contributed by atoms with Crippen molar-refractivity contribution in [3.8, 4) is 55.6 Å². The van der Waals surface area contributed by atoms with Gasteiger partial charge in [0.2, 0.25) is 0 Å². The highest BCUT2D eigenvalue weighted by Gasteiger charge is 2.30. The van der Waals surface area contributed by atoms with Gasteiger partial charge in [-0.15, -0.1) is 0 Å². The first-order valence-corrected chi connectivity index (χ1v) is 12.3. The van der Waals surface area contributed by atoms with Crippen molar-refractivity contribution in [2.75, 3.05) is 0 Å². The van der Waals surface area contributed by atoms with Gasteiger partial charge >= 0.3 is 0 Å². The Morgan fingerprint density at radius 3 is 1.54 bits per heavy atom. The van der Waals surface area contributed by atoms with Crippen LogP contribution in [-0.4, -0.2) is 0 Å². The van der Waals surface area contributed by atoms with Crippen LogP contribution in [0, 0.1) is 0 Å². The molecule has 0 saturated heterocycles. The highest BCUT2D eigenvalue weighted by Crippen LogP contribution is 2.57. The van der Waals surface area contributed by atoms with Gasteiger partial charge in [-0.1, -0.05) is 127 Å². The molecule has 0 aliphatic heterocycles. The molecule has 0 spiro atoms. The van der Waals surface area contributed by atoms with E-state index in [0.717, 1.165) is 10.4 Å². The Hall–Kier alpha value is -4.13. The van der Waals surface area contributed by atoms with E-state index in [-0.39, 0.29) is 0 Å². The molecule has 0 bridgehead atoms. The largest absolute Gasteiger partial charge is 0.0837 e. The van der Waals surface area contributed by atoms with Crippen LogP contribution in [0.1, 0.15) is 0 Å². The summed E-state index contributed by atoms with van der Waals surface area (Å²) in [7, 11) is 0. The summed E-state index contributed by atoms with van der Waals surface area (Å²) in [5, 5.41) is 3.15. The minimum absolute atomic E-state index is 0.796. The second-order valence-electron chi connectivity index (χ2n) is 9.02. The Bertz CT molecular complexity index is 1720. The van der Waals surface area contributed by atoms with Crippen molar-refractivity contribution in [2.45, 2.75) is 0 Å². The molecule has 0 unspecified atom stereocenters. The second kappa shape index (κ2) is 7.98. The van der Waals surface area contributed by atoms with Crippen LogP contribution < -0.4 is 0 Å². The molecule has 0 aromatic heterocycles. The van der Waals surface area contributed by atoms with Crippen LogP contribution in [0.15, 0.2) is 127 Å². The molecule has 7 rings (SSSR count). The maximum atomic E-state index is 6.71. The molecule has 164 valence electrons. The molecule has 0 saturated carbocycles. The normalized spacial score (nSPS) is 11.6. The van der Waals surface area contributed by atoms with E-state index in [4.69, 9.17) is 11.6 Å². The predicted molar refractivity (Wildman–Crippen MR) is 150 cm³/mol. The van der Waals surface area contributed by atoms with E-state index in [2.05, 4.69) is 121 Å². The number of hydrogen-bond acceptors (Lipinski definition) is 0. The number of rotatable bonds is 3. The summed E-state index contributed by atoms with van der Waals surface area (Å²) in [6.45, 7) is 0. The number of fused-ring (bicyclic) bond motifs is 3. The number of benzene rings is 6. The standard InChI is InChI=1S/C34H21Cl/c35-30-20-19-27-32-25(30)17-10-18-26(32)34-31(24-15-8-3-9-16-24)28(22-11-4-1-5-12-22)21-29(33(27)34)23-13-6-2-7-14-23/h1-21H. The highest BCUT2D eigenvalue weighted by atomic mass is 35.5. The Kier molecular flexibility index (Phi) is 4.62. The molecule has 0 nitrogen and oxygen atoms in total. The van der Waals surface area contributed by atoms with Gasteiger partial charge in [-0.2, -0.15) is 0 Å². The van der Waals surface area contributed by atoms with Crippen LogP contribution in [0.3, 0.4) is 0 Å². The lowest BCUT2D eigenvalue weighted by atomic mass is 9.82. The van der Waals surface area contributed by atoms with E-state index in [1.54, 1.807) is 0 Å². The summed E-state index contributed by atoms with van der Waals surface area (Å²) in [6.07, 6.45) is 0. The topological polar surface area (TPSA) is 0 Å². The highest BCUT2D eigenvalue weighted by molar-refractivity contribution is 6.38. The van der Waals surface area contributed by atoms with Gasteiger partial charge in [0.25, 0.3) is 0 Å². The lowest BCUT2D eigenvalue weighted by molar-refractivity contribution is 1.56. The van der Waals surface area contributed by atoms with Crippen molar-refractivity contribution < 1.29 is 0 Å². The van der Waals surface area contributed by atoms with E-state index in [1.807, 2.05) is 6.07 Å². The third-order valence-electron chi connectivity index (χ3n) is 7.09. The fourth-order valence-electron chi connectivity index (χ4n) is 5.62. The Morgan fingerprint density at radius 2 is 0.914 bits per heavy atom. The van der Waals surface area contributed by atoms with E-state index in [0.29, 0.717) is 0 Å². The Morgan fingerprint density at radius 1 is 0.371 bits per heavy atom. The summed E-state index contributed by atoms with van der Waals surface area (Å²) in [5.74, 6) is 0. The monoisotopic (exact) mass is 464 g/mol. The molecular weight excluding hydrogens is 444 g/mol. The molecule has 0 N–H and O–H groups in total. The van der Waals surface area contributed by atoms with E-state index in [9.17, 15) is 0 Å². The van der Waals surface area contributed by atoms with Gasteiger partial charge < -0.3 is 0 Å². The van der Waals surface area contributed by atoms with Gasteiger partial charge in [0.05, 0.1) is 0 Å². The fraction of sp³-hybridized carbons (Fsp3) is 0. The molecule has 1 heteroatoms. The second-order valence-corrected chi connectivity index (χ2v) is 9.43. The van der Waals surface area contributed by atoms with Crippen LogP contribution in [0.25, 0.3) is 66.4 Å². The van der Waals surface area contributed by atoms with Crippen LogP contribution >= 0.6 is 11.6 Å². The SMILES string of the molecule is Clc1ccc2c3c(cccc13)-c1c(-c3ccccc3)c(-c3ccccc3)cc(-c3ccccc3)c1-2. The maximum Gasteiger partial charge on any atom is 0.0485 e. The Balaban J connectivity index is 1.71. The van der Waals surface area contributed by atoms with Crippen molar-refractivity contribution in [3.63, 3.8) is 0 Å². The van der Waals surface area contributed by atoms with Crippen molar-refractivity contribution in [2.24, 2.45) is 0 Å². The van der Waals surface area contributed by atoms with Crippen LogP contribution in [-0.2, 0) is 0 Å². The first kappa shape index (κ1) is 20.3. The first-order valence-electron chi connectivity index (χ1n) is 11.9. The van der Waals surface area contributed by atoms with Gasteiger partial charge in [-0.25, -0.2) is 0 Å². The van der Waals surface area contributed by atoms with Gasteiger partial charge in [0, 0.05) is 10.4 Å². The minimum Gasteiger partial charge on any atom is -0.0837 e. The Labute approximate surface area is 210 Å². The molecule has 0 fully saturated rings. The molecule has 6 aromatic carbocycles. The summed E-state index contributed by atoms with van der Waals surface area (Å²) in [5.41, 5.74) is 12.5.